The van der Waals surface area contributed by atoms with E-state index in [0.29, 0.717) is 0 Å². The van der Waals surface area contributed by atoms with Gasteiger partial charge in [0.2, 0.25) is 35.4 Å². The fourth-order valence-corrected chi connectivity index (χ4v) is 9.98. The molecule has 29 nitrogen and oxygen atoms in total. The molecular formula is C50H72N8O21S. The Hall–Kier alpha value is -6.32. The average molecular weight is 1150 g/mol. The topological polar surface area (TPSA) is 431 Å². The van der Waals surface area contributed by atoms with Crippen LogP contribution >= 0.6 is 0 Å². The van der Waals surface area contributed by atoms with Crippen molar-refractivity contribution in [2.45, 2.75) is 151 Å². The van der Waals surface area contributed by atoms with Crippen molar-refractivity contribution >= 4 is 51.9 Å². The van der Waals surface area contributed by atoms with Gasteiger partial charge in [0.15, 0.2) is 17.8 Å². The summed E-state index contributed by atoms with van der Waals surface area (Å²) < 4.78 is 54.0. The van der Waals surface area contributed by atoms with Crippen LogP contribution in [0.25, 0.3) is 0 Å². The van der Waals surface area contributed by atoms with Gasteiger partial charge in [-0.1, -0.05) is 43.3 Å². The zero-order chi connectivity index (χ0) is 59.0. The number of hydrogen-bond acceptors (Lipinski definition) is 21. The summed E-state index contributed by atoms with van der Waals surface area (Å²) in [7, 11) is -5.22. The predicted octanol–water partition coefficient (Wildman–Crippen LogP) is -4.29. The van der Waals surface area contributed by atoms with Crippen molar-refractivity contribution in [3.63, 3.8) is 0 Å². The van der Waals surface area contributed by atoms with Gasteiger partial charge in [-0.2, -0.15) is 8.42 Å². The van der Waals surface area contributed by atoms with Crippen LogP contribution in [-0.4, -0.2) is 224 Å². The Bertz CT molecular complexity index is 2640. The zero-order valence-electron chi connectivity index (χ0n) is 44.5. The molecule has 4 fully saturated rings. The molecule has 0 aromatic heterocycles. The van der Waals surface area contributed by atoms with Crippen LogP contribution in [-0.2, 0) is 59.8 Å². The molecule has 444 valence electrons. The summed E-state index contributed by atoms with van der Waals surface area (Å²) in [6.45, 7) is 5.79. The van der Waals surface area contributed by atoms with Gasteiger partial charge in [0.1, 0.15) is 41.9 Å². The van der Waals surface area contributed by atoms with Crippen molar-refractivity contribution in [3.8, 4) is 11.5 Å². The number of benzene rings is 2. The standard InChI is InChI=1S/C50H72N8O21S/c1-24-20-58-40(41(24)65)45(69)52-19-29(60)17-31(53-49(72)78-50(3,4)5)42(66)54-37(25(2)59)46(70)57-21-30(61)18-32(57)43(67)55-38(35(64)15-26-11-12-33(62)36(16-26)79-80(73,74)75)44(68)56-39(47(58)71)34(63)13-14-51-28-22-76-48(77-23-28)27-9-7-6-8-10-27/h6-12,16,24-25,28-32,34-35,37-41,48,51,59-65H,13-15,17-23H2,1-5H3,(H,52,69)(H,53,72)(H,54,66)(H,55,67)(H,56,68)(H,73,74,75)/t24-,25+,28?,29+,30+,31+,32-,34+,35+,37?,38-,39-,40-,41-,48?/m0/s1. The van der Waals surface area contributed by atoms with Crippen LogP contribution < -0.4 is 36.1 Å². The van der Waals surface area contributed by atoms with Gasteiger partial charge in [-0.05, 0) is 58.4 Å². The molecular weight excluding hydrogens is 1080 g/mol. The maximum absolute atomic E-state index is 15.0. The summed E-state index contributed by atoms with van der Waals surface area (Å²) in [5.41, 5.74) is -0.418. The second-order valence-corrected chi connectivity index (χ2v) is 22.4. The first kappa shape index (κ1) is 62.9. The summed E-state index contributed by atoms with van der Waals surface area (Å²) in [5, 5.41) is 93.7. The largest absolute Gasteiger partial charge is 0.504 e. The highest BCUT2D eigenvalue weighted by Crippen LogP contribution is 2.30. The lowest BCUT2D eigenvalue weighted by atomic mass is 9.98. The predicted molar refractivity (Wildman–Crippen MR) is 275 cm³/mol. The maximum atomic E-state index is 15.0. The smallest absolute Gasteiger partial charge is 0.446 e. The van der Waals surface area contributed by atoms with Crippen LogP contribution in [0.4, 0.5) is 4.79 Å². The second kappa shape index (κ2) is 27.0. The molecule has 2 aromatic carbocycles. The number of phenolic OH excluding ortho intramolecular Hbond substituents is 1. The normalized spacial score (nSPS) is 30.1. The van der Waals surface area contributed by atoms with Crippen LogP contribution in [0.15, 0.2) is 48.5 Å². The second-order valence-electron chi connectivity index (χ2n) is 21.3. The Labute approximate surface area is 460 Å². The lowest BCUT2D eigenvalue weighted by molar-refractivity contribution is -0.194. The Kier molecular flexibility index (Phi) is 21.2. The molecule has 2 aromatic rings. The number of amides is 7. The third kappa shape index (κ3) is 16.9. The van der Waals surface area contributed by atoms with E-state index in [2.05, 4.69) is 36.1 Å². The van der Waals surface area contributed by atoms with Crippen LogP contribution in [0, 0.1) is 5.92 Å². The number of nitrogens with zero attached hydrogens (tertiary/aromatic N) is 2. The van der Waals surface area contributed by atoms with Crippen molar-refractivity contribution in [2.24, 2.45) is 5.92 Å². The first-order valence-electron chi connectivity index (χ1n) is 25.9. The van der Waals surface area contributed by atoms with Crippen molar-refractivity contribution < 1.29 is 101 Å². The fraction of sp³-hybridized carbons (Fsp3) is 0.620. The number of hydrogen-bond donors (Lipinski definition) is 14. The number of β-amino-alcohol motifs (C(OH)–C–C–N with tert-alkyl or cyclic N) is 1. The molecule has 0 aliphatic carbocycles. The van der Waals surface area contributed by atoms with Crippen LogP contribution in [0.5, 0.6) is 11.5 Å². The van der Waals surface area contributed by atoms with Gasteiger partial charge in [-0.15, -0.1) is 0 Å². The van der Waals surface area contributed by atoms with E-state index in [1.165, 1.54) is 27.7 Å². The highest BCUT2D eigenvalue weighted by Gasteiger charge is 2.50. The number of carbonyl (C=O) groups excluding carboxylic acids is 7. The monoisotopic (exact) mass is 1150 g/mol. The Morgan fingerprint density at radius 2 is 1.45 bits per heavy atom. The van der Waals surface area contributed by atoms with E-state index in [0.717, 1.165) is 40.5 Å². The van der Waals surface area contributed by atoms with Gasteiger partial charge in [-0.25, -0.2) is 4.79 Å². The van der Waals surface area contributed by atoms with Crippen molar-refractivity contribution in [3.05, 3.63) is 59.7 Å². The quantitative estimate of drug-likeness (QED) is 0.0844. The molecule has 4 saturated heterocycles. The number of alkyl carbamates (subject to hydrolysis) is 1. The van der Waals surface area contributed by atoms with E-state index < -0.39 is 193 Å². The minimum atomic E-state index is -5.22. The third-order valence-electron chi connectivity index (χ3n) is 13.6. The lowest BCUT2D eigenvalue weighted by Crippen LogP contribution is -2.64. The van der Waals surface area contributed by atoms with Gasteiger partial charge in [-0.3, -0.25) is 33.3 Å². The van der Waals surface area contributed by atoms with E-state index in [1.807, 2.05) is 30.3 Å². The molecule has 0 bridgehead atoms. The number of rotatable bonds is 13. The van der Waals surface area contributed by atoms with Gasteiger partial charge in [0.05, 0.1) is 55.9 Å². The van der Waals surface area contributed by atoms with Gasteiger partial charge >= 0.3 is 16.5 Å². The number of carbonyl (C=O) groups is 7. The summed E-state index contributed by atoms with van der Waals surface area (Å²) in [4.78, 5) is 102. The maximum Gasteiger partial charge on any atom is 0.446 e. The van der Waals surface area contributed by atoms with E-state index >= 15 is 0 Å². The average Bonchev–Trinajstić information content (AvgIpc) is 4.04. The number of aliphatic hydroxyl groups is 6. The van der Waals surface area contributed by atoms with Crippen molar-refractivity contribution in [1.29, 1.82) is 0 Å². The molecule has 30 heteroatoms. The van der Waals surface area contributed by atoms with E-state index in [9.17, 15) is 82.3 Å². The summed E-state index contributed by atoms with van der Waals surface area (Å²) in [5.74, 6) is -9.62. The summed E-state index contributed by atoms with van der Waals surface area (Å²) in [6, 6.07) is 0.168. The molecule has 6 rings (SSSR count). The first-order chi connectivity index (χ1) is 37.5. The minimum Gasteiger partial charge on any atom is -0.504 e. The molecule has 4 aliphatic rings. The fourth-order valence-electron chi connectivity index (χ4n) is 9.62. The molecule has 13 atom stereocenters. The number of nitrogens with one attached hydrogen (secondary N) is 6. The molecule has 1 unspecified atom stereocenters. The Balaban J connectivity index is 1.38. The number of aromatic hydroxyl groups is 1. The van der Waals surface area contributed by atoms with Gasteiger partial charge in [0, 0.05) is 50.4 Å². The van der Waals surface area contributed by atoms with E-state index in [4.69, 9.17) is 14.2 Å². The zero-order valence-corrected chi connectivity index (χ0v) is 45.4. The van der Waals surface area contributed by atoms with Crippen LogP contribution in [0.3, 0.4) is 0 Å². The number of ether oxygens (including phenoxy) is 3. The Morgan fingerprint density at radius 1 is 0.812 bits per heavy atom. The third-order valence-corrected chi connectivity index (χ3v) is 14.0. The molecule has 7 amide bonds. The SMILES string of the molecule is C[C@@H](O)C1NC(=O)[C@H](NC(=O)OC(C)(C)C)C[C@@H](O)CNC(=O)[C@@H]2[C@@H](O)[C@@H](C)CN2C(=O)[C@H]([C@H](O)CCNC2COC(c3ccccc3)OC2)NC(=O)[C@H]([C@H](O)Cc2ccc(O)c(OS(=O)(=O)O)c2)NC(=O)[C@@H]2C[C@@H](O)CN2C1=O. The van der Waals surface area contributed by atoms with Crippen LogP contribution in [0.2, 0.25) is 0 Å². The van der Waals surface area contributed by atoms with Gasteiger partial charge in [0.25, 0.3) is 0 Å². The molecule has 4 heterocycles. The molecule has 80 heavy (non-hydrogen) atoms. The van der Waals surface area contributed by atoms with Crippen molar-refractivity contribution in [2.75, 3.05) is 39.4 Å². The van der Waals surface area contributed by atoms with Crippen molar-refractivity contribution in [1.82, 2.24) is 41.7 Å². The number of fused-ring (bicyclic) bond motifs is 2. The molecule has 4 aliphatic heterocycles. The highest BCUT2D eigenvalue weighted by atomic mass is 32.3. The summed E-state index contributed by atoms with van der Waals surface area (Å²) in [6.07, 6.45) is -14.5. The molecule has 0 radical (unpaired) electrons. The molecule has 0 saturated carbocycles. The Morgan fingerprint density at radius 3 is 2.09 bits per heavy atom. The number of aliphatic hydroxyl groups excluding tert-OH is 6. The minimum absolute atomic E-state index is 0.0604. The van der Waals surface area contributed by atoms with E-state index in [-0.39, 0.29) is 38.3 Å². The lowest BCUT2D eigenvalue weighted by Gasteiger charge is -2.34. The first-order valence-corrected chi connectivity index (χ1v) is 27.2. The molecule has 0 spiro atoms. The van der Waals surface area contributed by atoms with Crippen LogP contribution in [0.1, 0.15) is 71.3 Å². The molecule has 14 N–H and O–H groups in total. The highest BCUT2D eigenvalue weighted by molar-refractivity contribution is 7.81. The number of phenols is 1. The van der Waals surface area contributed by atoms with Gasteiger partial charge < -0.3 is 95.8 Å². The summed E-state index contributed by atoms with van der Waals surface area (Å²) >= 11 is 0. The van der Waals surface area contributed by atoms with E-state index in [1.54, 1.807) is 0 Å².